The van der Waals surface area contributed by atoms with Crippen LogP contribution in [0.5, 0.6) is 0 Å². The second-order valence-electron chi connectivity index (χ2n) is 3.88. The molecule has 0 saturated heterocycles. The minimum absolute atomic E-state index is 0.122. The molecule has 1 rings (SSSR count). The third kappa shape index (κ3) is 3.62. The highest BCUT2D eigenvalue weighted by Crippen LogP contribution is 2.00. The van der Waals surface area contributed by atoms with Gasteiger partial charge in [0, 0.05) is 26.0 Å². The van der Waals surface area contributed by atoms with Crippen molar-refractivity contribution in [3.63, 3.8) is 0 Å². The van der Waals surface area contributed by atoms with E-state index in [-0.39, 0.29) is 11.9 Å². The number of hydrogen-bond donors (Lipinski definition) is 1. The molecule has 4 nitrogen and oxygen atoms in total. The molecule has 1 N–H and O–H groups in total. The second-order valence-corrected chi connectivity index (χ2v) is 3.88. The van der Waals surface area contributed by atoms with Crippen molar-refractivity contribution in [2.45, 2.75) is 19.4 Å². The molecule has 0 fully saturated rings. The van der Waals surface area contributed by atoms with Crippen LogP contribution in [0.3, 0.4) is 0 Å². The van der Waals surface area contributed by atoms with Gasteiger partial charge in [0.2, 0.25) is 5.91 Å². The molecule has 0 aromatic carbocycles. The average molecular weight is 221 g/mol. The van der Waals surface area contributed by atoms with E-state index in [0.717, 1.165) is 13.0 Å². The average Bonchev–Trinajstić information content (AvgIpc) is 2.35. The number of rotatable bonds is 5. The van der Waals surface area contributed by atoms with Crippen LogP contribution < -0.4 is 5.32 Å². The first-order valence-electron chi connectivity index (χ1n) is 5.46. The number of hydrogen-bond acceptors (Lipinski definition) is 3. The molecule has 1 amide bonds. The molecule has 0 saturated carbocycles. The summed E-state index contributed by atoms with van der Waals surface area (Å²) in [5, 5.41) is 2.94. The fraction of sp³-hybridized carbons (Fsp3) is 0.500. The van der Waals surface area contributed by atoms with Crippen molar-refractivity contribution >= 4 is 5.91 Å². The van der Waals surface area contributed by atoms with Gasteiger partial charge in [0.25, 0.3) is 0 Å². The molecule has 0 spiro atoms. The van der Waals surface area contributed by atoms with Crippen LogP contribution in [0.4, 0.5) is 0 Å². The Kier molecular flexibility index (Phi) is 4.92. The van der Waals surface area contributed by atoms with Crippen molar-refractivity contribution in [1.29, 1.82) is 0 Å². The van der Waals surface area contributed by atoms with Crippen LogP contribution in [0, 0.1) is 0 Å². The maximum Gasteiger partial charge on any atom is 0.239 e. The van der Waals surface area contributed by atoms with Gasteiger partial charge in [-0.05, 0) is 38.1 Å². The molecule has 88 valence electrons. The molecule has 1 aromatic heterocycles. The van der Waals surface area contributed by atoms with Crippen LogP contribution in [0.2, 0.25) is 0 Å². The molecule has 0 bridgehead atoms. The van der Waals surface area contributed by atoms with Gasteiger partial charge in [0.15, 0.2) is 0 Å². The van der Waals surface area contributed by atoms with Crippen LogP contribution in [-0.2, 0) is 11.2 Å². The lowest BCUT2D eigenvalue weighted by atomic mass is 10.2. The lowest BCUT2D eigenvalue weighted by Crippen LogP contribution is -2.42. The van der Waals surface area contributed by atoms with Crippen LogP contribution >= 0.6 is 0 Å². The van der Waals surface area contributed by atoms with E-state index in [4.69, 9.17) is 0 Å². The Bertz CT molecular complexity index is 326. The first-order valence-corrected chi connectivity index (χ1v) is 5.46. The van der Waals surface area contributed by atoms with E-state index in [2.05, 4.69) is 10.3 Å². The third-order valence-electron chi connectivity index (χ3n) is 2.66. The Morgan fingerprint density at radius 3 is 2.69 bits per heavy atom. The number of pyridine rings is 1. The summed E-state index contributed by atoms with van der Waals surface area (Å²) in [5.41, 5.74) is 1.20. The molecule has 1 atom stereocenters. The van der Waals surface area contributed by atoms with E-state index in [1.165, 1.54) is 5.56 Å². The molecule has 0 radical (unpaired) electrons. The summed E-state index contributed by atoms with van der Waals surface area (Å²) in [6.45, 7) is 2.60. The summed E-state index contributed by atoms with van der Waals surface area (Å²) in [6.07, 6.45) is 4.40. The highest BCUT2D eigenvalue weighted by Gasteiger charge is 2.14. The lowest BCUT2D eigenvalue weighted by Gasteiger charge is -2.20. The van der Waals surface area contributed by atoms with Gasteiger partial charge < -0.3 is 10.2 Å². The number of amides is 1. The number of aromatic nitrogens is 1. The fourth-order valence-electron chi connectivity index (χ4n) is 1.41. The van der Waals surface area contributed by atoms with Gasteiger partial charge >= 0.3 is 0 Å². The Morgan fingerprint density at radius 1 is 1.50 bits per heavy atom. The molecule has 1 aromatic rings. The van der Waals surface area contributed by atoms with E-state index in [1.807, 2.05) is 26.1 Å². The monoisotopic (exact) mass is 221 g/mol. The summed E-state index contributed by atoms with van der Waals surface area (Å²) in [5.74, 6) is 0.122. The standard InChI is InChI=1S/C12H19N3O/c1-10(13-2)12(16)15(3)9-6-11-4-7-14-8-5-11/h4-5,7-8,10,13H,6,9H2,1-3H3. The van der Waals surface area contributed by atoms with Crippen LogP contribution in [0.25, 0.3) is 0 Å². The Labute approximate surface area is 96.7 Å². The second kappa shape index (κ2) is 6.23. The largest absolute Gasteiger partial charge is 0.344 e. The number of carbonyl (C=O) groups is 1. The molecule has 4 heteroatoms. The van der Waals surface area contributed by atoms with Gasteiger partial charge in [-0.3, -0.25) is 9.78 Å². The molecule has 16 heavy (non-hydrogen) atoms. The minimum atomic E-state index is -0.123. The van der Waals surface area contributed by atoms with Gasteiger partial charge in [-0.2, -0.15) is 0 Å². The fourth-order valence-corrected chi connectivity index (χ4v) is 1.41. The van der Waals surface area contributed by atoms with Crippen molar-refractivity contribution in [1.82, 2.24) is 15.2 Å². The maximum atomic E-state index is 11.7. The zero-order chi connectivity index (χ0) is 12.0. The van der Waals surface area contributed by atoms with E-state index in [0.29, 0.717) is 0 Å². The van der Waals surface area contributed by atoms with Crippen LogP contribution in [-0.4, -0.2) is 42.5 Å². The predicted octanol–water partition coefficient (Wildman–Crippen LogP) is 0.690. The number of carbonyl (C=O) groups excluding carboxylic acids is 1. The number of nitrogens with one attached hydrogen (secondary N) is 1. The number of nitrogens with zero attached hydrogens (tertiary/aromatic N) is 2. The van der Waals surface area contributed by atoms with Crippen LogP contribution in [0.1, 0.15) is 12.5 Å². The smallest absolute Gasteiger partial charge is 0.239 e. The quantitative estimate of drug-likeness (QED) is 0.795. The summed E-state index contributed by atoms with van der Waals surface area (Å²) in [6, 6.07) is 3.82. The Balaban J connectivity index is 2.41. The van der Waals surface area contributed by atoms with E-state index in [9.17, 15) is 4.79 Å². The molecule has 0 aliphatic carbocycles. The zero-order valence-electron chi connectivity index (χ0n) is 10.1. The van der Waals surface area contributed by atoms with Gasteiger partial charge in [-0.1, -0.05) is 0 Å². The summed E-state index contributed by atoms with van der Waals surface area (Å²) >= 11 is 0. The SMILES string of the molecule is CNC(C)C(=O)N(C)CCc1ccncc1. The number of likely N-dealkylation sites (N-methyl/N-ethyl adjacent to an activating group) is 2. The van der Waals surface area contributed by atoms with Crippen molar-refractivity contribution in [3.05, 3.63) is 30.1 Å². The lowest BCUT2D eigenvalue weighted by molar-refractivity contribution is -0.131. The van der Waals surface area contributed by atoms with Crippen LogP contribution in [0.15, 0.2) is 24.5 Å². The molecule has 0 aliphatic rings. The van der Waals surface area contributed by atoms with Crippen molar-refractivity contribution < 1.29 is 4.79 Å². The molecule has 0 aliphatic heterocycles. The highest BCUT2D eigenvalue weighted by atomic mass is 16.2. The molecular formula is C12H19N3O. The molecule has 1 unspecified atom stereocenters. The summed E-state index contributed by atoms with van der Waals surface area (Å²) in [7, 11) is 3.62. The van der Waals surface area contributed by atoms with Gasteiger partial charge in [-0.15, -0.1) is 0 Å². The first-order chi connectivity index (χ1) is 7.65. The molecular weight excluding hydrogens is 202 g/mol. The van der Waals surface area contributed by atoms with Crippen molar-refractivity contribution in [3.8, 4) is 0 Å². The zero-order valence-corrected chi connectivity index (χ0v) is 10.1. The van der Waals surface area contributed by atoms with Crippen molar-refractivity contribution in [2.75, 3.05) is 20.6 Å². The maximum absolute atomic E-state index is 11.7. The highest BCUT2D eigenvalue weighted by molar-refractivity contribution is 5.81. The Hall–Kier alpha value is -1.42. The summed E-state index contributed by atoms with van der Waals surface area (Å²) in [4.78, 5) is 17.5. The minimum Gasteiger partial charge on any atom is -0.344 e. The van der Waals surface area contributed by atoms with Gasteiger partial charge in [-0.25, -0.2) is 0 Å². The van der Waals surface area contributed by atoms with Crippen molar-refractivity contribution in [2.24, 2.45) is 0 Å². The summed E-state index contributed by atoms with van der Waals surface area (Å²) < 4.78 is 0. The van der Waals surface area contributed by atoms with Gasteiger partial charge in [0.05, 0.1) is 6.04 Å². The Morgan fingerprint density at radius 2 is 2.12 bits per heavy atom. The first kappa shape index (κ1) is 12.6. The molecule has 1 heterocycles. The normalized spacial score (nSPS) is 12.2. The van der Waals surface area contributed by atoms with E-state index < -0.39 is 0 Å². The third-order valence-corrected chi connectivity index (χ3v) is 2.66. The predicted molar refractivity (Wildman–Crippen MR) is 64.1 cm³/mol. The van der Waals surface area contributed by atoms with E-state index in [1.54, 1.807) is 24.3 Å². The van der Waals surface area contributed by atoms with E-state index >= 15 is 0 Å². The topological polar surface area (TPSA) is 45.2 Å². The van der Waals surface area contributed by atoms with Gasteiger partial charge in [0.1, 0.15) is 0 Å².